The lowest BCUT2D eigenvalue weighted by molar-refractivity contribution is -0.145. The van der Waals surface area contributed by atoms with Gasteiger partial charge in [-0.05, 0) is 332 Å². The number of aromatic amines is 3. The number of ketones is 2. The van der Waals surface area contributed by atoms with Crippen LogP contribution in [0.3, 0.4) is 0 Å². The van der Waals surface area contributed by atoms with E-state index < -0.39 is 24.0 Å². The number of aliphatic imine (C=N–C) groups is 1. The number of carboxylic acids is 1. The van der Waals surface area contributed by atoms with Crippen LogP contribution in [0.1, 0.15) is 289 Å². The number of nitrogens with zero attached hydrogens (tertiary/aromatic N) is 6. The van der Waals surface area contributed by atoms with Gasteiger partial charge in [0, 0.05) is 49.0 Å². The highest BCUT2D eigenvalue weighted by atomic mass is 16.5. The van der Waals surface area contributed by atoms with Crippen molar-refractivity contribution in [3.8, 4) is 44.5 Å². The number of methoxy groups -OCH3 is 1. The van der Waals surface area contributed by atoms with Gasteiger partial charge in [-0.25, -0.2) is 19.7 Å². The van der Waals surface area contributed by atoms with Gasteiger partial charge in [-0.1, -0.05) is 203 Å². The number of carbonyl (C=O) groups is 6. The van der Waals surface area contributed by atoms with E-state index >= 15 is 0 Å². The summed E-state index contributed by atoms with van der Waals surface area (Å²) in [5.41, 5.74) is 31.3. The number of carboxylic acid groups (broad SMARTS) is 1. The first-order chi connectivity index (χ1) is 65.9. The third-order valence-corrected chi connectivity index (χ3v) is 33.8. The third kappa shape index (κ3) is 19.4. The lowest BCUT2D eigenvalue weighted by Crippen LogP contribution is -2.53. The maximum Gasteiger partial charge on any atom is 0.407 e. The lowest BCUT2D eigenvalue weighted by atomic mass is 9.82. The molecule has 0 radical (unpaired) electrons. The highest BCUT2D eigenvalue weighted by molar-refractivity contribution is 5.97. The smallest absolute Gasteiger partial charge is 0.407 e. The van der Waals surface area contributed by atoms with Gasteiger partial charge < -0.3 is 54.8 Å². The summed E-state index contributed by atoms with van der Waals surface area (Å²) < 4.78 is 4.94. The molecule has 28 rings (SSSR count). The number of likely N-dealkylation sites (tertiary alicyclic amines) is 2. The first-order valence-corrected chi connectivity index (χ1v) is 52.1. The average molecular weight is 1830 g/mol. The number of rotatable bonds is 19. The highest BCUT2D eigenvalue weighted by Crippen LogP contribution is 2.52. The van der Waals surface area contributed by atoms with Gasteiger partial charge in [0.2, 0.25) is 11.8 Å². The van der Waals surface area contributed by atoms with Crippen LogP contribution in [0, 0.1) is 65.1 Å². The first-order valence-electron chi connectivity index (χ1n) is 52.1. The first kappa shape index (κ1) is 92.5. The molecule has 7 heterocycles. The summed E-state index contributed by atoms with van der Waals surface area (Å²) in [5, 5.41) is 15.4. The molecule has 136 heavy (non-hydrogen) atoms. The summed E-state index contributed by atoms with van der Waals surface area (Å²) in [6.45, 7) is 14.7. The summed E-state index contributed by atoms with van der Waals surface area (Å²) in [5.74, 6) is 5.41. The number of aliphatic carboxylic acids is 1. The maximum absolute atomic E-state index is 14.5. The van der Waals surface area contributed by atoms with E-state index in [0.29, 0.717) is 29.8 Å². The van der Waals surface area contributed by atoms with Gasteiger partial charge >= 0.3 is 12.1 Å². The number of ether oxygens (including phenoxy) is 1. The van der Waals surface area contributed by atoms with E-state index in [0.717, 1.165) is 189 Å². The maximum atomic E-state index is 14.5. The van der Waals surface area contributed by atoms with Gasteiger partial charge in [-0.2, -0.15) is 0 Å². The molecule has 19 heteroatoms. The number of hydrogen-bond acceptors (Lipinski definition) is 12. The van der Waals surface area contributed by atoms with Crippen molar-refractivity contribution in [1.82, 2.24) is 50.3 Å². The number of aryl methyl sites for hydroxylation is 8. The second-order valence-electron chi connectivity index (χ2n) is 43.7. The van der Waals surface area contributed by atoms with Gasteiger partial charge in [0.05, 0.1) is 69.9 Å². The molecule has 0 spiro atoms. The van der Waals surface area contributed by atoms with Gasteiger partial charge in [0.25, 0.3) is 0 Å². The summed E-state index contributed by atoms with van der Waals surface area (Å²) >= 11 is 0. The molecule has 5 saturated carbocycles. The van der Waals surface area contributed by atoms with Crippen molar-refractivity contribution in [2.75, 3.05) is 7.11 Å². The van der Waals surface area contributed by atoms with E-state index in [1.807, 2.05) is 27.7 Å². The van der Waals surface area contributed by atoms with Crippen LogP contribution in [0.4, 0.5) is 10.5 Å². The SMILES string of the molecule is CC(=O)C[C@H](C(=O)O)C(C)C.COC(=O)N[C@H](C(=O)N1[C@H](c2nc3ccc(-c4cc5ccc4CCc4ccc(c(-c6ccc7nc([C@@H]8C[C@@H]9CCCC[C@@H]9N8C(=O)[C@@H](CC(C)=O)C(C)C)[nH]c7c6)c4)CC5)cc3[nH]2)C[C@@H]2CCCC[C@@H]21)C(C)C.c1cc2c(-c3ccc4c(c3)CC(C3C[C@H]5CCCC[C@H]5C3)=N4)cc1CCc1ccc(cc1-c1ccc3nc([C@@H]4C[C@@H]5CCCC[C@@H]5N4)[nH]c3c1)CC2. The number of Topliss-reactive ketones (excluding diaryl/α,β-unsaturated/α-hetero) is 2. The molecular formula is C117H139N11O8. The topological polar surface area (TPSA) is 261 Å². The number of amides is 3. The van der Waals surface area contributed by atoms with Crippen LogP contribution in [-0.2, 0) is 86.5 Å². The number of imidazole rings is 3. The molecule has 3 saturated heterocycles. The van der Waals surface area contributed by atoms with E-state index in [1.54, 1.807) is 6.92 Å². The molecule has 13 aliphatic carbocycles. The zero-order valence-corrected chi connectivity index (χ0v) is 81.4. The fraction of sp³-hybridized carbons (Fsp3) is 0.504. The Kier molecular flexibility index (Phi) is 27.0. The van der Waals surface area contributed by atoms with Gasteiger partial charge in [-0.15, -0.1) is 0 Å². The van der Waals surface area contributed by atoms with E-state index in [9.17, 15) is 28.8 Å². The van der Waals surface area contributed by atoms with Crippen molar-refractivity contribution in [1.29, 1.82) is 0 Å². The molecule has 4 aliphatic heterocycles. The fourth-order valence-corrected chi connectivity index (χ4v) is 26.3. The molecule has 19 nitrogen and oxygen atoms in total. The Morgan fingerprint density at radius 3 is 1.25 bits per heavy atom. The van der Waals surface area contributed by atoms with Crippen molar-refractivity contribution >= 4 is 79.9 Å². The Balaban J connectivity index is 0.000000158. The molecule has 6 N–H and O–H groups in total. The van der Waals surface area contributed by atoms with E-state index in [1.165, 1.54) is 192 Å². The minimum atomic E-state index is -0.879. The number of benzene rings is 8. The quantitative estimate of drug-likeness (QED) is 0.0442. The predicted octanol–water partition coefficient (Wildman–Crippen LogP) is 24.5. The second kappa shape index (κ2) is 39.7. The minimum absolute atomic E-state index is 0.0244. The summed E-state index contributed by atoms with van der Waals surface area (Å²) in [4.78, 5) is 111. The second-order valence-corrected chi connectivity index (χ2v) is 43.7. The lowest BCUT2D eigenvalue weighted by Gasteiger charge is -2.36. The van der Waals surface area contributed by atoms with Crippen molar-refractivity contribution < 1.29 is 38.6 Å². The Labute approximate surface area is 802 Å². The van der Waals surface area contributed by atoms with E-state index in [-0.39, 0.29) is 84.1 Å². The van der Waals surface area contributed by atoms with Crippen molar-refractivity contribution in [2.45, 2.75) is 303 Å². The molecule has 8 aromatic carbocycles. The zero-order chi connectivity index (χ0) is 93.8. The van der Waals surface area contributed by atoms with Gasteiger partial charge in [0.15, 0.2) is 0 Å². The molecule has 3 amide bonds. The Morgan fingerprint density at radius 1 is 0.419 bits per heavy atom. The van der Waals surface area contributed by atoms with Crippen molar-refractivity contribution in [3.05, 3.63) is 213 Å². The number of fused-ring (bicyclic) bond motifs is 8. The third-order valence-electron chi connectivity index (χ3n) is 33.8. The molecule has 17 aliphatic rings. The molecule has 8 fully saturated rings. The normalized spacial score (nSPS) is 24.4. The Morgan fingerprint density at radius 2 is 0.824 bits per heavy atom. The summed E-state index contributed by atoms with van der Waals surface area (Å²) in [7, 11) is 1.33. The molecule has 1 unspecified atom stereocenters. The molecule has 8 bridgehead atoms. The fourth-order valence-electron chi connectivity index (χ4n) is 26.3. The van der Waals surface area contributed by atoms with Gasteiger partial charge in [0.1, 0.15) is 35.1 Å². The van der Waals surface area contributed by atoms with Crippen LogP contribution in [-0.4, -0.2) is 117 Å². The van der Waals surface area contributed by atoms with Crippen molar-refractivity contribution in [3.63, 3.8) is 0 Å². The highest BCUT2D eigenvalue weighted by Gasteiger charge is 2.51. The van der Waals surface area contributed by atoms with Crippen LogP contribution in [0.25, 0.3) is 77.6 Å². The number of aromatic nitrogens is 6. The standard InChI is InChI=1S/C61H73N7O5.C48H52N4.C8H14O3/c1-34(2)45(27-36(5)69)59(70)67-52-13-9-7-11-43(52)32-54(67)57-62-48-25-23-41(30-50(48)64-57)46-28-37-15-19-39(46)20-16-38-18-22-40(21-17-37)47(29-38)42-24-26-49-51(31-42)65-58(63-49)55-33-44-12-8-10-14-53(44)68(55)60(71)56(35(3)4)66-61(72)73-6;1-2-6-34-24-38(23-33(34)5-1)45-28-39-25-35(17-19-43(39)49-45)40-21-29-9-13-31(40)14-10-30-12-16-32(15-11-29)41(22-30)36-18-20-44-46(26-36)52-48(51-44)47-27-37-7-3-4-8-42(37)50-47;1-5(2)7(8(10)11)4-6(3)9/h15,18-19,22-26,28-31,34-35,43-45,52-56H,7-14,16-17,20-21,27,32-33H2,1-6H3,(H,62,64)(H,63,65)(H,66,72);9,12-13,16-22,25-26,33-34,37-38,42,47,50H,1-8,10-11,14-15,23-24,27-28H2,(H,51,52);5,7H,4H2,1-3H3,(H,10,11)/t43-,44-,45-,52-,53-,54-,55-,56-;33-,34+,37-,38?,42-,47-;7-/m000/s1. The Bertz CT molecular complexity index is 6360. The number of carbonyl (C=O) groups excluding carboxylic acids is 5. The van der Waals surface area contributed by atoms with Crippen LogP contribution < -0.4 is 10.6 Å². The van der Waals surface area contributed by atoms with Crippen LogP contribution in [0.2, 0.25) is 0 Å². The number of nitrogens with one attached hydrogen (secondary N) is 5. The molecule has 15 atom stereocenters. The molecule has 11 aromatic rings. The number of hydrogen-bond donors (Lipinski definition) is 6. The van der Waals surface area contributed by atoms with Crippen LogP contribution in [0.5, 0.6) is 0 Å². The van der Waals surface area contributed by atoms with Gasteiger partial charge in [-0.3, -0.25) is 19.4 Å². The van der Waals surface area contributed by atoms with E-state index in [4.69, 9.17) is 29.8 Å². The average Bonchev–Trinajstić information content (AvgIpc) is 1.60. The molecular weight excluding hydrogens is 1690 g/mol. The largest absolute Gasteiger partial charge is 0.481 e. The summed E-state index contributed by atoms with van der Waals surface area (Å²) in [6.07, 6.45) is 34.3. The molecule has 3 aromatic heterocycles. The van der Waals surface area contributed by atoms with Crippen LogP contribution in [0.15, 0.2) is 151 Å². The molecule has 710 valence electrons. The Hall–Kier alpha value is -11.2. The number of H-pyrrole nitrogens is 3. The minimum Gasteiger partial charge on any atom is -0.481 e. The van der Waals surface area contributed by atoms with Crippen LogP contribution >= 0.6 is 0 Å². The monoisotopic (exact) mass is 1830 g/mol. The summed E-state index contributed by atoms with van der Waals surface area (Å²) in [6, 6.07) is 56.2. The van der Waals surface area contributed by atoms with Crippen molar-refractivity contribution in [2.24, 2.45) is 70.1 Å². The zero-order valence-electron chi connectivity index (χ0n) is 81.4. The number of alkyl carbamates (subject to hydrolysis) is 1. The van der Waals surface area contributed by atoms with E-state index in [2.05, 4.69) is 195 Å². The predicted molar refractivity (Wildman–Crippen MR) is 540 cm³/mol.